The third kappa shape index (κ3) is 4.66. The van der Waals surface area contributed by atoms with Gasteiger partial charge in [-0.1, -0.05) is 0 Å². The number of aromatic nitrogens is 2. The minimum atomic E-state index is -2.84. The van der Waals surface area contributed by atoms with E-state index in [2.05, 4.69) is 15.3 Å². The first kappa shape index (κ1) is 22.0. The lowest BCUT2D eigenvalue weighted by Crippen LogP contribution is -2.43. The topological polar surface area (TPSA) is 58.1 Å². The van der Waals surface area contributed by atoms with Crippen molar-refractivity contribution in [2.45, 2.75) is 44.2 Å². The third-order valence-corrected chi connectivity index (χ3v) is 5.87. The Morgan fingerprint density at radius 1 is 1.00 bits per heavy atom. The highest BCUT2D eigenvalue weighted by molar-refractivity contribution is 5.94. The molecule has 0 unspecified atom stereocenters. The molecule has 2 aromatic carbocycles. The number of nitrogens with one attached hydrogen (secondary N) is 1. The summed E-state index contributed by atoms with van der Waals surface area (Å²) in [6, 6.07) is 9.10. The van der Waals surface area contributed by atoms with Crippen molar-refractivity contribution < 1.29 is 22.4 Å². The minimum absolute atomic E-state index is 0.0131. The molecule has 0 radical (unpaired) electrons. The van der Waals surface area contributed by atoms with Gasteiger partial charge in [-0.3, -0.25) is 4.79 Å². The van der Waals surface area contributed by atoms with Crippen LogP contribution in [0.4, 0.5) is 23.4 Å². The van der Waals surface area contributed by atoms with Crippen LogP contribution < -0.4 is 10.2 Å². The molecular weight excluding hydrogens is 424 g/mol. The van der Waals surface area contributed by atoms with E-state index in [4.69, 9.17) is 0 Å². The van der Waals surface area contributed by atoms with Crippen molar-refractivity contribution in [1.29, 1.82) is 0 Å². The quantitative estimate of drug-likeness (QED) is 0.559. The van der Waals surface area contributed by atoms with E-state index in [1.54, 1.807) is 11.9 Å². The predicted octanol–water partition coefficient (Wildman–Crippen LogP) is 5.02. The molecule has 3 aromatic rings. The number of benzene rings is 2. The minimum Gasteiger partial charge on any atom is -0.356 e. The van der Waals surface area contributed by atoms with Crippen LogP contribution in [0.25, 0.3) is 10.9 Å². The molecule has 1 aliphatic rings. The van der Waals surface area contributed by atoms with E-state index in [0.29, 0.717) is 36.6 Å². The van der Waals surface area contributed by atoms with Gasteiger partial charge >= 0.3 is 0 Å². The van der Waals surface area contributed by atoms with E-state index < -0.39 is 23.9 Å². The Morgan fingerprint density at radius 2 is 1.66 bits per heavy atom. The van der Waals surface area contributed by atoms with Crippen LogP contribution in [0.2, 0.25) is 0 Å². The number of anilines is 1. The predicted molar refractivity (Wildman–Crippen MR) is 113 cm³/mol. The van der Waals surface area contributed by atoms with Crippen LogP contribution >= 0.6 is 0 Å². The molecule has 0 saturated heterocycles. The zero-order valence-electron chi connectivity index (χ0n) is 17.4. The second-order valence-corrected chi connectivity index (χ2v) is 7.96. The molecule has 1 aliphatic carbocycles. The number of rotatable bonds is 5. The zero-order chi connectivity index (χ0) is 22.8. The van der Waals surface area contributed by atoms with Crippen LogP contribution in [-0.2, 0) is 0 Å². The highest BCUT2D eigenvalue weighted by atomic mass is 19.3. The molecule has 0 bridgehead atoms. The van der Waals surface area contributed by atoms with Crippen molar-refractivity contribution >= 4 is 22.6 Å². The smallest absolute Gasteiger partial charge is 0.297 e. The molecule has 0 spiro atoms. The fourth-order valence-corrected chi connectivity index (χ4v) is 4.12. The second kappa shape index (κ2) is 9.10. The van der Waals surface area contributed by atoms with Gasteiger partial charge in [0.05, 0.1) is 5.52 Å². The van der Waals surface area contributed by atoms with Gasteiger partial charge in [0.1, 0.15) is 17.5 Å². The second-order valence-electron chi connectivity index (χ2n) is 7.96. The first-order valence-corrected chi connectivity index (χ1v) is 10.4. The number of carbonyl (C=O) groups excluding carboxylic acids is 1. The fraction of sp³-hybridized carbons (Fsp3) is 0.348. The van der Waals surface area contributed by atoms with Crippen LogP contribution in [0.5, 0.6) is 0 Å². The van der Waals surface area contributed by atoms with Crippen LogP contribution in [-0.4, -0.2) is 35.0 Å². The Hall–Kier alpha value is -3.23. The summed E-state index contributed by atoms with van der Waals surface area (Å²) in [4.78, 5) is 22.1. The van der Waals surface area contributed by atoms with Crippen LogP contribution in [0.15, 0.2) is 42.5 Å². The molecule has 168 valence electrons. The van der Waals surface area contributed by atoms with Gasteiger partial charge in [0, 0.05) is 30.1 Å². The Labute approximate surface area is 182 Å². The zero-order valence-corrected chi connectivity index (χ0v) is 17.4. The molecule has 1 heterocycles. The molecule has 0 aliphatic heterocycles. The summed E-state index contributed by atoms with van der Waals surface area (Å²) in [5.41, 5.74) is 0.651. The molecular formula is C23H22F4N4O. The fourth-order valence-electron chi connectivity index (χ4n) is 4.12. The van der Waals surface area contributed by atoms with Crippen LogP contribution in [0.3, 0.4) is 0 Å². The largest absolute Gasteiger partial charge is 0.356 e. The van der Waals surface area contributed by atoms with Crippen molar-refractivity contribution in [2.75, 3.05) is 11.9 Å². The molecule has 0 atom stereocenters. The average Bonchev–Trinajstić information content (AvgIpc) is 2.78. The van der Waals surface area contributed by atoms with Gasteiger partial charge in [0.15, 0.2) is 5.82 Å². The van der Waals surface area contributed by atoms with Crippen molar-refractivity contribution in [3.63, 3.8) is 0 Å². The molecule has 1 amide bonds. The van der Waals surface area contributed by atoms with E-state index in [-0.39, 0.29) is 29.3 Å². The summed E-state index contributed by atoms with van der Waals surface area (Å²) in [6.45, 7) is 0. The number of amides is 1. The van der Waals surface area contributed by atoms with Gasteiger partial charge in [-0.2, -0.15) is 0 Å². The molecule has 9 heteroatoms. The lowest BCUT2D eigenvalue weighted by atomic mass is 9.90. The molecule has 4 rings (SSSR count). The summed E-state index contributed by atoms with van der Waals surface area (Å²) in [6.07, 6.45) is -0.0954. The standard InChI is InChI=1S/C23H22F4N4O/c1-31(22-18-12-15(25)6-11-19(18)29-21(30-22)20(26)27)17-9-7-16(8-10-17)28-23(32)13-2-4-14(24)5-3-13/h2-6,11-12,16-17,20H,7-10H2,1H3,(H,28,32)/t16-,17+. The number of alkyl halides is 2. The number of carbonyl (C=O) groups is 1. The van der Waals surface area contributed by atoms with Crippen LogP contribution in [0.1, 0.15) is 48.3 Å². The Morgan fingerprint density at radius 3 is 2.31 bits per heavy atom. The van der Waals surface area contributed by atoms with Crippen LogP contribution in [0, 0.1) is 11.6 Å². The Kier molecular flexibility index (Phi) is 6.25. The highest BCUT2D eigenvalue weighted by Gasteiger charge is 2.28. The maximum atomic E-state index is 13.8. The molecule has 1 saturated carbocycles. The normalized spacial score (nSPS) is 18.7. The number of hydrogen-bond acceptors (Lipinski definition) is 4. The summed E-state index contributed by atoms with van der Waals surface area (Å²) in [5.74, 6) is -1.49. The number of hydrogen-bond donors (Lipinski definition) is 1. The molecule has 32 heavy (non-hydrogen) atoms. The summed E-state index contributed by atoms with van der Waals surface area (Å²) in [7, 11) is 1.75. The molecule has 1 N–H and O–H groups in total. The van der Waals surface area contributed by atoms with Gasteiger partial charge < -0.3 is 10.2 Å². The van der Waals surface area contributed by atoms with Crippen molar-refractivity contribution in [2.24, 2.45) is 0 Å². The first-order chi connectivity index (χ1) is 15.3. The van der Waals surface area contributed by atoms with Crippen molar-refractivity contribution in [3.05, 3.63) is 65.5 Å². The molecule has 1 aromatic heterocycles. The molecule has 5 nitrogen and oxygen atoms in total. The average molecular weight is 446 g/mol. The Balaban J connectivity index is 1.47. The van der Waals surface area contributed by atoms with Gasteiger partial charge in [-0.05, 0) is 68.1 Å². The number of halogens is 4. The summed E-state index contributed by atoms with van der Waals surface area (Å²) in [5, 5.41) is 3.34. The lowest BCUT2D eigenvalue weighted by Gasteiger charge is -2.36. The van der Waals surface area contributed by atoms with Gasteiger partial charge in [-0.15, -0.1) is 0 Å². The lowest BCUT2D eigenvalue weighted by molar-refractivity contribution is 0.0925. The van der Waals surface area contributed by atoms with Crippen molar-refractivity contribution in [1.82, 2.24) is 15.3 Å². The monoisotopic (exact) mass is 446 g/mol. The number of fused-ring (bicyclic) bond motifs is 1. The summed E-state index contributed by atoms with van der Waals surface area (Å²) < 4.78 is 53.5. The maximum absolute atomic E-state index is 13.8. The van der Waals surface area contributed by atoms with E-state index in [9.17, 15) is 22.4 Å². The van der Waals surface area contributed by atoms with E-state index in [1.165, 1.54) is 42.5 Å². The van der Waals surface area contributed by atoms with Gasteiger partial charge in [0.25, 0.3) is 12.3 Å². The summed E-state index contributed by atoms with van der Waals surface area (Å²) >= 11 is 0. The van der Waals surface area contributed by atoms with E-state index in [0.717, 1.165) is 0 Å². The van der Waals surface area contributed by atoms with E-state index >= 15 is 0 Å². The van der Waals surface area contributed by atoms with Gasteiger partial charge in [0.2, 0.25) is 0 Å². The first-order valence-electron chi connectivity index (χ1n) is 10.4. The van der Waals surface area contributed by atoms with Gasteiger partial charge in [-0.25, -0.2) is 27.5 Å². The van der Waals surface area contributed by atoms with E-state index in [1.807, 2.05) is 0 Å². The number of nitrogens with zero attached hydrogens (tertiary/aromatic N) is 3. The molecule has 1 fully saturated rings. The van der Waals surface area contributed by atoms with Crippen molar-refractivity contribution in [3.8, 4) is 0 Å². The maximum Gasteiger partial charge on any atom is 0.297 e. The third-order valence-electron chi connectivity index (χ3n) is 5.87. The highest BCUT2D eigenvalue weighted by Crippen LogP contribution is 2.32. The SMILES string of the molecule is CN(c1nc(C(F)F)nc2ccc(F)cc12)[C@H]1CC[C@@H](NC(=O)c2ccc(F)cc2)CC1. The Bertz CT molecular complexity index is 1110.